The van der Waals surface area contributed by atoms with Gasteiger partial charge in [0.2, 0.25) is 0 Å². The fourth-order valence-corrected chi connectivity index (χ4v) is 0.794. The quantitative estimate of drug-likeness (QED) is 0.530. The normalized spacial score (nSPS) is 8.45. The van der Waals surface area contributed by atoms with Gasteiger partial charge in [-0.05, 0) is 25.0 Å². The predicted octanol–water partition coefficient (Wildman–Crippen LogP) is 3.30. The third-order valence-corrected chi connectivity index (χ3v) is 1.38. The van der Waals surface area contributed by atoms with E-state index in [0.29, 0.717) is 0 Å². The van der Waals surface area contributed by atoms with E-state index in [1.807, 2.05) is 6.07 Å². The lowest BCUT2D eigenvalue weighted by atomic mass is 10.1. The number of hydrogen-bond donors (Lipinski definition) is 0. The molecule has 0 aromatic heterocycles. The second kappa shape index (κ2) is 5.14. The zero-order valence-electron chi connectivity index (χ0n) is 6.99. The van der Waals surface area contributed by atoms with Gasteiger partial charge in [0.1, 0.15) is 5.82 Å². The van der Waals surface area contributed by atoms with E-state index in [9.17, 15) is 4.39 Å². The van der Waals surface area contributed by atoms with Crippen molar-refractivity contribution >= 4 is 11.6 Å². The van der Waals surface area contributed by atoms with Crippen molar-refractivity contribution in [2.24, 2.45) is 0 Å². The minimum absolute atomic E-state index is 0.0856. The minimum atomic E-state index is -0.0856. The molecule has 62 valence electrons. The zero-order valence-corrected chi connectivity index (χ0v) is 7.74. The first-order valence-corrected chi connectivity index (χ1v) is 4.07. The summed E-state index contributed by atoms with van der Waals surface area (Å²) in [5.74, 6) is -0.0856. The van der Waals surface area contributed by atoms with Gasteiger partial charge in [-0.1, -0.05) is 18.2 Å². The number of aryl methyl sites for hydroxylation is 2. The lowest BCUT2D eigenvalue weighted by molar-refractivity contribution is 0.609. The van der Waals surface area contributed by atoms with Crippen LogP contribution in [0.3, 0.4) is 0 Å². The molecule has 2 heteroatoms. The maximum Gasteiger partial charge on any atom is 0.129 e. The first kappa shape index (κ1) is 10.4. The van der Waals surface area contributed by atoms with Crippen LogP contribution < -0.4 is 0 Å². The molecule has 0 spiro atoms. The third-order valence-electron chi connectivity index (χ3n) is 1.38. The molecule has 0 saturated heterocycles. The highest BCUT2D eigenvalue weighted by molar-refractivity contribution is 6.15. The molecule has 0 bridgehead atoms. The standard InChI is InChI=1S/C8H9F.CH3Cl/c1-6-4-3-5-7(2)8(6)9;1-2/h3-5H,1-2H3;1H3. The molecule has 0 atom stereocenters. The molecule has 0 fully saturated rings. The highest BCUT2D eigenvalue weighted by Gasteiger charge is 1.96. The van der Waals surface area contributed by atoms with Gasteiger partial charge in [-0.25, -0.2) is 4.39 Å². The van der Waals surface area contributed by atoms with Crippen LogP contribution >= 0.6 is 11.6 Å². The van der Waals surface area contributed by atoms with E-state index in [1.54, 1.807) is 26.0 Å². The van der Waals surface area contributed by atoms with Crippen molar-refractivity contribution in [2.75, 3.05) is 6.38 Å². The molecule has 0 heterocycles. The molecular formula is C9H12ClF. The fourth-order valence-electron chi connectivity index (χ4n) is 0.794. The summed E-state index contributed by atoms with van der Waals surface area (Å²) in [4.78, 5) is 0. The molecule has 0 nitrogen and oxygen atoms in total. The summed E-state index contributed by atoms with van der Waals surface area (Å²) in [6, 6.07) is 5.39. The van der Waals surface area contributed by atoms with Gasteiger partial charge in [0.05, 0.1) is 0 Å². The summed E-state index contributed by atoms with van der Waals surface area (Å²) in [7, 11) is 0. The molecular weight excluding hydrogens is 163 g/mol. The van der Waals surface area contributed by atoms with Crippen molar-refractivity contribution in [1.29, 1.82) is 0 Å². The average molecular weight is 175 g/mol. The molecule has 1 aromatic carbocycles. The summed E-state index contributed by atoms with van der Waals surface area (Å²) in [6.07, 6.45) is 1.47. The van der Waals surface area contributed by atoms with Crippen LogP contribution in [0.4, 0.5) is 4.39 Å². The summed E-state index contributed by atoms with van der Waals surface area (Å²) in [5.41, 5.74) is 1.44. The van der Waals surface area contributed by atoms with Crippen molar-refractivity contribution in [3.8, 4) is 0 Å². The molecule has 11 heavy (non-hydrogen) atoms. The minimum Gasteiger partial charge on any atom is -0.206 e. The maximum atomic E-state index is 12.7. The predicted molar refractivity (Wildman–Crippen MR) is 47.7 cm³/mol. The van der Waals surface area contributed by atoms with E-state index in [0.717, 1.165) is 11.1 Å². The van der Waals surface area contributed by atoms with Crippen molar-refractivity contribution < 1.29 is 4.39 Å². The molecule has 0 N–H and O–H groups in total. The molecule has 0 radical (unpaired) electrons. The molecule has 0 aliphatic rings. The SMILES string of the molecule is CCl.Cc1cccc(C)c1F. The molecule has 0 saturated carbocycles. The van der Waals surface area contributed by atoms with Crippen molar-refractivity contribution in [2.45, 2.75) is 13.8 Å². The van der Waals surface area contributed by atoms with Gasteiger partial charge >= 0.3 is 0 Å². The van der Waals surface area contributed by atoms with E-state index in [-0.39, 0.29) is 5.82 Å². The van der Waals surface area contributed by atoms with Crippen molar-refractivity contribution in [1.82, 2.24) is 0 Å². The molecule has 1 rings (SSSR count). The van der Waals surface area contributed by atoms with Crippen LogP contribution in [0.25, 0.3) is 0 Å². The first-order valence-electron chi connectivity index (χ1n) is 3.31. The molecule has 0 amide bonds. The highest BCUT2D eigenvalue weighted by atomic mass is 35.5. The Morgan fingerprint density at radius 1 is 1.09 bits per heavy atom. The topological polar surface area (TPSA) is 0 Å². The fraction of sp³-hybridized carbons (Fsp3) is 0.333. The monoisotopic (exact) mass is 174 g/mol. The van der Waals surface area contributed by atoms with Gasteiger partial charge in [-0.3, -0.25) is 0 Å². The Morgan fingerprint density at radius 2 is 1.45 bits per heavy atom. The summed E-state index contributed by atoms with van der Waals surface area (Å²) in [6.45, 7) is 3.53. The average Bonchev–Trinajstić information content (AvgIpc) is 2.04. The Hall–Kier alpha value is -0.560. The van der Waals surface area contributed by atoms with Crippen LogP contribution in [-0.4, -0.2) is 6.38 Å². The second-order valence-electron chi connectivity index (χ2n) is 2.21. The number of rotatable bonds is 0. The van der Waals surface area contributed by atoms with E-state index >= 15 is 0 Å². The van der Waals surface area contributed by atoms with Gasteiger partial charge in [-0.2, -0.15) is 0 Å². The smallest absolute Gasteiger partial charge is 0.129 e. The molecule has 1 aromatic rings. The molecule has 0 aliphatic heterocycles. The van der Waals surface area contributed by atoms with Gasteiger partial charge in [0.25, 0.3) is 0 Å². The lowest BCUT2D eigenvalue weighted by Gasteiger charge is -1.96. The van der Waals surface area contributed by atoms with Crippen LogP contribution in [-0.2, 0) is 0 Å². The Morgan fingerprint density at radius 3 is 1.73 bits per heavy atom. The van der Waals surface area contributed by atoms with Gasteiger partial charge in [0.15, 0.2) is 0 Å². The Labute approximate surface area is 72.0 Å². The van der Waals surface area contributed by atoms with Gasteiger partial charge in [-0.15, -0.1) is 11.6 Å². The number of halogens is 2. The van der Waals surface area contributed by atoms with Crippen LogP contribution in [0, 0.1) is 19.7 Å². The van der Waals surface area contributed by atoms with E-state index in [4.69, 9.17) is 0 Å². The first-order chi connectivity index (χ1) is 5.22. The summed E-state index contributed by atoms with van der Waals surface area (Å²) < 4.78 is 12.7. The largest absolute Gasteiger partial charge is 0.206 e. The summed E-state index contributed by atoms with van der Waals surface area (Å²) >= 11 is 4.64. The number of benzene rings is 1. The highest BCUT2D eigenvalue weighted by Crippen LogP contribution is 2.09. The number of hydrogen-bond acceptors (Lipinski definition) is 0. The zero-order chi connectivity index (χ0) is 8.85. The Balaban J connectivity index is 0.000000461. The Kier molecular flexibility index (Phi) is 4.88. The van der Waals surface area contributed by atoms with Crippen LogP contribution in [0.1, 0.15) is 11.1 Å². The lowest BCUT2D eigenvalue weighted by Crippen LogP contribution is -1.84. The number of alkyl halides is 1. The van der Waals surface area contributed by atoms with Crippen LogP contribution in [0.2, 0.25) is 0 Å². The van der Waals surface area contributed by atoms with E-state index in [1.165, 1.54) is 6.38 Å². The van der Waals surface area contributed by atoms with Gasteiger partial charge in [0, 0.05) is 6.38 Å². The maximum absolute atomic E-state index is 12.7. The van der Waals surface area contributed by atoms with Crippen molar-refractivity contribution in [3.63, 3.8) is 0 Å². The van der Waals surface area contributed by atoms with Gasteiger partial charge < -0.3 is 0 Å². The molecule has 0 unspecified atom stereocenters. The molecule has 0 aliphatic carbocycles. The van der Waals surface area contributed by atoms with E-state index < -0.39 is 0 Å². The van der Waals surface area contributed by atoms with Crippen LogP contribution in [0.15, 0.2) is 18.2 Å². The van der Waals surface area contributed by atoms with E-state index in [2.05, 4.69) is 11.6 Å². The summed E-state index contributed by atoms with van der Waals surface area (Å²) in [5, 5.41) is 0. The Bertz CT molecular complexity index is 201. The van der Waals surface area contributed by atoms with Crippen LogP contribution in [0.5, 0.6) is 0 Å². The second-order valence-corrected chi connectivity index (χ2v) is 2.21. The third kappa shape index (κ3) is 2.89. The van der Waals surface area contributed by atoms with Crippen molar-refractivity contribution in [3.05, 3.63) is 35.1 Å².